The highest BCUT2D eigenvalue weighted by Crippen LogP contribution is 2.24. The summed E-state index contributed by atoms with van der Waals surface area (Å²) in [4.78, 5) is 22.9. The molecule has 0 radical (unpaired) electrons. The van der Waals surface area contributed by atoms with Gasteiger partial charge in [-0.25, -0.2) is 4.39 Å². The van der Waals surface area contributed by atoms with Gasteiger partial charge in [0.1, 0.15) is 10.8 Å². The Labute approximate surface area is 168 Å². The van der Waals surface area contributed by atoms with Gasteiger partial charge in [0, 0.05) is 23.0 Å². The molecular formula is C17H14Cl2FN5O3. The van der Waals surface area contributed by atoms with Gasteiger partial charge in [0.2, 0.25) is 0 Å². The van der Waals surface area contributed by atoms with E-state index in [0.717, 1.165) is 0 Å². The monoisotopic (exact) mass is 425 g/mol. The van der Waals surface area contributed by atoms with E-state index in [1.165, 1.54) is 40.0 Å². The molecular weight excluding hydrogens is 412 g/mol. The van der Waals surface area contributed by atoms with Gasteiger partial charge in [0.05, 0.1) is 19.5 Å². The SMILES string of the molecule is O=C(O)CCn1ccc(C(=O)Nc2nn(Cc3c(F)cccc3Cl)cc2Cl)n1. The van der Waals surface area contributed by atoms with Crippen molar-refractivity contribution in [3.63, 3.8) is 0 Å². The van der Waals surface area contributed by atoms with E-state index in [0.29, 0.717) is 0 Å². The van der Waals surface area contributed by atoms with Crippen LogP contribution in [-0.4, -0.2) is 36.5 Å². The third kappa shape index (κ3) is 4.68. The summed E-state index contributed by atoms with van der Waals surface area (Å²) < 4.78 is 16.6. The van der Waals surface area contributed by atoms with Crippen molar-refractivity contribution in [3.05, 3.63) is 63.8 Å². The van der Waals surface area contributed by atoms with Gasteiger partial charge >= 0.3 is 5.97 Å². The van der Waals surface area contributed by atoms with Gasteiger partial charge < -0.3 is 10.4 Å². The normalized spacial score (nSPS) is 10.8. The number of aliphatic carboxylic acids is 1. The number of hydrogen-bond acceptors (Lipinski definition) is 4. The largest absolute Gasteiger partial charge is 0.481 e. The lowest BCUT2D eigenvalue weighted by atomic mass is 10.2. The van der Waals surface area contributed by atoms with Crippen molar-refractivity contribution < 1.29 is 19.1 Å². The van der Waals surface area contributed by atoms with Crippen LogP contribution in [-0.2, 0) is 17.9 Å². The molecule has 0 aliphatic carbocycles. The summed E-state index contributed by atoms with van der Waals surface area (Å²) in [6.07, 6.45) is 2.82. The summed E-state index contributed by atoms with van der Waals surface area (Å²) in [7, 11) is 0. The fourth-order valence-corrected chi connectivity index (χ4v) is 2.82. The van der Waals surface area contributed by atoms with Crippen molar-refractivity contribution in [2.24, 2.45) is 0 Å². The van der Waals surface area contributed by atoms with Gasteiger partial charge in [-0.3, -0.25) is 19.0 Å². The number of halogens is 3. The molecule has 2 heterocycles. The summed E-state index contributed by atoms with van der Waals surface area (Å²) in [5.74, 6) is -1.92. The number of hydrogen-bond donors (Lipinski definition) is 2. The molecule has 146 valence electrons. The number of rotatable bonds is 7. The lowest BCUT2D eigenvalue weighted by molar-refractivity contribution is -0.137. The van der Waals surface area contributed by atoms with Crippen molar-refractivity contribution in [3.8, 4) is 0 Å². The van der Waals surface area contributed by atoms with E-state index in [9.17, 15) is 14.0 Å². The van der Waals surface area contributed by atoms with Crippen LogP contribution in [0.4, 0.5) is 10.2 Å². The van der Waals surface area contributed by atoms with Gasteiger partial charge in [-0.15, -0.1) is 0 Å². The molecule has 3 aromatic rings. The molecule has 1 amide bonds. The van der Waals surface area contributed by atoms with Crippen molar-refractivity contribution in [2.45, 2.75) is 19.5 Å². The van der Waals surface area contributed by atoms with E-state index in [-0.39, 0.29) is 46.6 Å². The highest BCUT2D eigenvalue weighted by molar-refractivity contribution is 6.33. The van der Waals surface area contributed by atoms with Crippen LogP contribution >= 0.6 is 23.2 Å². The molecule has 11 heteroatoms. The fourth-order valence-electron chi connectivity index (χ4n) is 2.40. The van der Waals surface area contributed by atoms with E-state index >= 15 is 0 Å². The second-order valence-corrected chi connectivity index (χ2v) is 6.60. The van der Waals surface area contributed by atoms with Gasteiger partial charge in [0.25, 0.3) is 5.91 Å². The van der Waals surface area contributed by atoms with Crippen molar-refractivity contribution in [2.75, 3.05) is 5.32 Å². The topological polar surface area (TPSA) is 102 Å². The number of nitrogens with zero attached hydrogens (tertiary/aromatic N) is 4. The van der Waals surface area contributed by atoms with Gasteiger partial charge in [-0.05, 0) is 18.2 Å². The number of carbonyl (C=O) groups excluding carboxylic acids is 1. The van der Waals surface area contributed by atoms with Gasteiger partial charge in [0.15, 0.2) is 11.5 Å². The smallest absolute Gasteiger partial charge is 0.305 e. The summed E-state index contributed by atoms with van der Waals surface area (Å²) in [6, 6.07) is 5.80. The molecule has 0 saturated heterocycles. The van der Waals surface area contributed by atoms with E-state index in [1.807, 2.05) is 0 Å². The molecule has 0 saturated carbocycles. The summed E-state index contributed by atoms with van der Waals surface area (Å²) >= 11 is 12.1. The Morgan fingerprint density at radius 1 is 1.14 bits per heavy atom. The number of amides is 1. The minimum atomic E-state index is -0.964. The first-order valence-electron chi connectivity index (χ1n) is 8.06. The maximum Gasteiger partial charge on any atom is 0.305 e. The Kier molecular flexibility index (Phi) is 5.96. The Hall–Kier alpha value is -2.91. The zero-order valence-corrected chi connectivity index (χ0v) is 15.8. The standard InChI is InChI=1S/C17H14Cl2FN5O3/c18-11-2-1-3-13(20)10(11)8-25-9-12(19)16(23-25)21-17(28)14-4-6-24(22-14)7-5-15(26)27/h1-4,6,9H,5,7-8H2,(H,26,27)(H,21,23,28). The van der Waals surface area contributed by atoms with Gasteiger partial charge in [-0.2, -0.15) is 10.2 Å². The predicted octanol–water partition coefficient (Wildman–Crippen LogP) is 3.30. The first kappa shape index (κ1) is 19.8. The predicted molar refractivity (Wildman–Crippen MR) is 100 cm³/mol. The maximum absolute atomic E-state index is 13.9. The minimum Gasteiger partial charge on any atom is -0.481 e. The molecule has 28 heavy (non-hydrogen) atoms. The lowest BCUT2D eigenvalue weighted by Gasteiger charge is -2.05. The molecule has 0 fully saturated rings. The highest BCUT2D eigenvalue weighted by atomic mass is 35.5. The summed E-state index contributed by atoms with van der Waals surface area (Å²) in [5, 5.41) is 19.7. The molecule has 0 aliphatic heterocycles. The van der Waals surface area contributed by atoms with Crippen LogP contribution in [0.1, 0.15) is 22.5 Å². The average molecular weight is 426 g/mol. The number of nitrogens with one attached hydrogen (secondary N) is 1. The Balaban J connectivity index is 1.70. The van der Waals surface area contributed by atoms with Crippen molar-refractivity contribution in [1.82, 2.24) is 19.6 Å². The molecule has 2 N–H and O–H groups in total. The van der Waals surface area contributed by atoms with E-state index in [4.69, 9.17) is 28.3 Å². The maximum atomic E-state index is 13.9. The molecule has 8 nitrogen and oxygen atoms in total. The molecule has 0 atom stereocenters. The number of aromatic nitrogens is 4. The zero-order chi connectivity index (χ0) is 20.3. The van der Waals surface area contributed by atoms with E-state index in [1.54, 1.807) is 6.07 Å². The quantitative estimate of drug-likeness (QED) is 0.604. The molecule has 0 unspecified atom stereocenters. The van der Waals surface area contributed by atoms with Crippen LogP contribution in [0.25, 0.3) is 0 Å². The third-order valence-corrected chi connectivity index (χ3v) is 4.39. The number of anilines is 1. The Bertz CT molecular complexity index is 1010. The third-order valence-electron chi connectivity index (χ3n) is 3.76. The summed E-state index contributed by atoms with van der Waals surface area (Å²) in [6.45, 7) is 0.173. The lowest BCUT2D eigenvalue weighted by Crippen LogP contribution is -2.15. The minimum absolute atomic E-state index is 0.0327. The highest BCUT2D eigenvalue weighted by Gasteiger charge is 2.16. The molecule has 1 aromatic carbocycles. The van der Waals surface area contributed by atoms with Crippen LogP contribution in [0.2, 0.25) is 10.0 Å². The Morgan fingerprint density at radius 2 is 1.93 bits per heavy atom. The molecule has 3 rings (SSSR count). The van der Waals surface area contributed by atoms with Crippen LogP contribution in [0.15, 0.2) is 36.7 Å². The first-order chi connectivity index (χ1) is 13.3. The second kappa shape index (κ2) is 8.41. The number of benzene rings is 1. The molecule has 0 spiro atoms. The van der Waals surface area contributed by atoms with Crippen LogP contribution in [0, 0.1) is 5.82 Å². The van der Waals surface area contributed by atoms with Crippen molar-refractivity contribution in [1.29, 1.82) is 0 Å². The number of aryl methyl sites for hydroxylation is 1. The number of carboxylic acids is 1. The molecule has 0 bridgehead atoms. The van der Waals surface area contributed by atoms with Crippen LogP contribution in [0.5, 0.6) is 0 Å². The average Bonchev–Trinajstić information content (AvgIpc) is 3.24. The second-order valence-electron chi connectivity index (χ2n) is 5.79. The van der Waals surface area contributed by atoms with Crippen LogP contribution in [0.3, 0.4) is 0 Å². The number of carbonyl (C=O) groups is 2. The summed E-state index contributed by atoms with van der Waals surface area (Å²) in [5.41, 5.74) is 0.325. The van der Waals surface area contributed by atoms with Crippen LogP contribution < -0.4 is 5.32 Å². The Morgan fingerprint density at radius 3 is 2.64 bits per heavy atom. The zero-order valence-electron chi connectivity index (χ0n) is 14.3. The fraction of sp³-hybridized carbons (Fsp3) is 0.176. The number of carboxylic acid groups (broad SMARTS) is 1. The van der Waals surface area contributed by atoms with Crippen molar-refractivity contribution >= 4 is 40.9 Å². The van der Waals surface area contributed by atoms with Gasteiger partial charge in [-0.1, -0.05) is 29.3 Å². The molecule has 0 aliphatic rings. The molecule has 2 aromatic heterocycles. The van der Waals surface area contributed by atoms with E-state index in [2.05, 4.69) is 15.5 Å². The van der Waals surface area contributed by atoms with E-state index < -0.39 is 17.7 Å². The first-order valence-corrected chi connectivity index (χ1v) is 8.81.